The lowest BCUT2D eigenvalue weighted by Gasteiger charge is -2.40. The van der Waals surface area contributed by atoms with Crippen LogP contribution in [0.4, 0.5) is 18.9 Å². The molecule has 4 nitrogen and oxygen atoms in total. The summed E-state index contributed by atoms with van der Waals surface area (Å²) >= 11 is 0. The minimum atomic E-state index is -4.55. The van der Waals surface area contributed by atoms with E-state index < -0.39 is 17.7 Å². The molecule has 1 atom stereocenters. The number of likely N-dealkylation sites (N-methyl/N-ethyl adjacent to an activating group) is 1. The van der Waals surface area contributed by atoms with Crippen LogP contribution in [0.25, 0.3) is 0 Å². The molecular formula is C14H17F3N2O2. The normalized spacial score (nSPS) is 20.6. The van der Waals surface area contributed by atoms with Crippen LogP contribution in [-0.4, -0.2) is 48.7 Å². The van der Waals surface area contributed by atoms with Gasteiger partial charge in [-0.1, -0.05) is 0 Å². The number of carboxylic acid groups (broad SMARTS) is 1. The van der Waals surface area contributed by atoms with Crippen molar-refractivity contribution in [3.8, 4) is 0 Å². The smallest absolute Gasteiger partial charge is 0.416 e. The summed E-state index contributed by atoms with van der Waals surface area (Å²) in [5.74, 6) is -1.35. The monoisotopic (exact) mass is 302 g/mol. The van der Waals surface area contributed by atoms with Crippen molar-refractivity contribution in [3.63, 3.8) is 0 Å². The number of aromatic carboxylic acids is 1. The van der Waals surface area contributed by atoms with Crippen molar-refractivity contribution >= 4 is 11.7 Å². The van der Waals surface area contributed by atoms with E-state index in [1.807, 2.05) is 18.9 Å². The van der Waals surface area contributed by atoms with Crippen LogP contribution in [0.2, 0.25) is 0 Å². The average molecular weight is 302 g/mol. The van der Waals surface area contributed by atoms with Gasteiger partial charge in [0.05, 0.1) is 16.8 Å². The first kappa shape index (κ1) is 15.6. The summed E-state index contributed by atoms with van der Waals surface area (Å²) in [6, 6.07) is 2.95. The first-order chi connectivity index (χ1) is 9.70. The van der Waals surface area contributed by atoms with Crippen LogP contribution in [0.1, 0.15) is 22.8 Å². The molecule has 0 bridgehead atoms. The number of hydrogen-bond donors (Lipinski definition) is 1. The van der Waals surface area contributed by atoms with Gasteiger partial charge < -0.3 is 14.9 Å². The van der Waals surface area contributed by atoms with Gasteiger partial charge in [0.25, 0.3) is 0 Å². The molecule has 0 saturated carbocycles. The number of anilines is 1. The summed E-state index contributed by atoms with van der Waals surface area (Å²) < 4.78 is 38.2. The van der Waals surface area contributed by atoms with Gasteiger partial charge in [-0.25, -0.2) is 4.79 Å². The number of carboxylic acids is 1. The second kappa shape index (κ2) is 5.55. The third kappa shape index (κ3) is 3.29. The molecule has 1 aromatic rings. The predicted octanol–water partition coefficient (Wildman–Crippen LogP) is 2.54. The van der Waals surface area contributed by atoms with Gasteiger partial charge in [0.15, 0.2) is 0 Å². The van der Waals surface area contributed by atoms with Crippen molar-refractivity contribution in [2.45, 2.75) is 19.1 Å². The molecule has 0 spiro atoms. The molecule has 1 saturated heterocycles. The molecule has 0 aliphatic carbocycles. The molecule has 1 aromatic carbocycles. The van der Waals surface area contributed by atoms with Gasteiger partial charge in [-0.3, -0.25) is 0 Å². The lowest BCUT2D eigenvalue weighted by molar-refractivity contribution is -0.137. The minimum Gasteiger partial charge on any atom is -0.478 e. The zero-order valence-electron chi connectivity index (χ0n) is 11.8. The highest BCUT2D eigenvalue weighted by Crippen LogP contribution is 2.34. The fourth-order valence-electron chi connectivity index (χ4n) is 2.63. The van der Waals surface area contributed by atoms with Crippen LogP contribution >= 0.6 is 0 Å². The quantitative estimate of drug-likeness (QED) is 0.912. The summed E-state index contributed by atoms with van der Waals surface area (Å²) in [6.07, 6.45) is -4.55. The maximum absolute atomic E-state index is 12.7. The predicted molar refractivity (Wildman–Crippen MR) is 72.7 cm³/mol. The molecule has 2 rings (SSSR count). The molecule has 1 N–H and O–H groups in total. The molecule has 0 amide bonds. The van der Waals surface area contributed by atoms with E-state index in [-0.39, 0.29) is 11.6 Å². The van der Waals surface area contributed by atoms with E-state index in [4.69, 9.17) is 0 Å². The SMILES string of the molecule is CC1CN(C)CCN1c1ccc(C(F)(F)F)cc1C(=O)O. The number of nitrogens with zero attached hydrogens (tertiary/aromatic N) is 2. The molecule has 116 valence electrons. The number of hydrogen-bond acceptors (Lipinski definition) is 3. The van der Waals surface area contributed by atoms with Crippen molar-refractivity contribution in [2.75, 3.05) is 31.6 Å². The summed E-state index contributed by atoms with van der Waals surface area (Å²) in [5, 5.41) is 9.22. The molecule has 1 aliphatic rings. The minimum absolute atomic E-state index is 0.0404. The summed E-state index contributed by atoms with van der Waals surface area (Å²) in [7, 11) is 1.96. The Balaban J connectivity index is 2.42. The van der Waals surface area contributed by atoms with Crippen LogP contribution in [0, 0.1) is 0 Å². The molecule has 1 unspecified atom stereocenters. The topological polar surface area (TPSA) is 43.8 Å². The van der Waals surface area contributed by atoms with E-state index in [0.717, 1.165) is 19.2 Å². The van der Waals surface area contributed by atoms with Gasteiger partial charge in [0.1, 0.15) is 0 Å². The van der Waals surface area contributed by atoms with Crippen LogP contribution < -0.4 is 4.90 Å². The molecule has 1 aliphatic heterocycles. The summed E-state index contributed by atoms with van der Waals surface area (Å²) in [5.41, 5.74) is -0.900. The Hall–Kier alpha value is -1.76. The third-order valence-corrected chi connectivity index (χ3v) is 3.69. The van der Waals surface area contributed by atoms with Crippen molar-refractivity contribution in [3.05, 3.63) is 29.3 Å². The zero-order chi connectivity index (χ0) is 15.8. The van der Waals surface area contributed by atoms with Gasteiger partial charge in [-0.05, 0) is 32.2 Å². The molecule has 1 heterocycles. The Kier molecular flexibility index (Phi) is 4.13. The van der Waals surface area contributed by atoms with Crippen molar-refractivity contribution in [2.24, 2.45) is 0 Å². The number of alkyl halides is 3. The fourth-order valence-corrected chi connectivity index (χ4v) is 2.63. The first-order valence-corrected chi connectivity index (χ1v) is 6.60. The number of carbonyl (C=O) groups is 1. The number of halogens is 3. The van der Waals surface area contributed by atoms with Crippen molar-refractivity contribution in [1.82, 2.24) is 4.90 Å². The van der Waals surface area contributed by atoms with Gasteiger partial charge in [-0.2, -0.15) is 13.2 Å². The molecule has 0 radical (unpaired) electrons. The van der Waals surface area contributed by atoms with E-state index >= 15 is 0 Å². The van der Waals surface area contributed by atoms with Crippen molar-refractivity contribution < 1.29 is 23.1 Å². The van der Waals surface area contributed by atoms with Gasteiger partial charge in [-0.15, -0.1) is 0 Å². The average Bonchev–Trinajstić information content (AvgIpc) is 2.37. The Labute approximate surface area is 120 Å². The maximum atomic E-state index is 12.7. The number of rotatable bonds is 2. The van der Waals surface area contributed by atoms with E-state index in [1.165, 1.54) is 6.07 Å². The van der Waals surface area contributed by atoms with Crippen molar-refractivity contribution in [1.29, 1.82) is 0 Å². The lowest BCUT2D eigenvalue weighted by Crippen LogP contribution is -2.51. The summed E-state index contributed by atoms with van der Waals surface area (Å²) in [6.45, 7) is 3.99. The highest BCUT2D eigenvalue weighted by atomic mass is 19.4. The molecular weight excluding hydrogens is 285 g/mol. The standard InChI is InChI=1S/C14H17F3N2O2/c1-9-8-18(2)5-6-19(9)12-4-3-10(14(15,16)17)7-11(12)13(20)21/h3-4,7,9H,5-6,8H2,1-2H3,(H,20,21). The van der Waals surface area contributed by atoms with E-state index in [0.29, 0.717) is 18.3 Å². The highest BCUT2D eigenvalue weighted by Gasteiger charge is 2.33. The number of benzene rings is 1. The van der Waals surface area contributed by atoms with Gasteiger partial charge >= 0.3 is 12.1 Å². The Morgan fingerprint density at radius 2 is 2.00 bits per heavy atom. The first-order valence-electron chi connectivity index (χ1n) is 6.60. The van der Waals surface area contributed by atoms with Crippen LogP contribution in [0.5, 0.6) is 0 Å². The lowest BCUT2D eigenvalue weighted by atomic mass is 10.0. The van der Waals surface area contributed by atoms with E-state index in [1.54, 1.807) is 0 Å². The molecule has 1 fully saturated rings. The molecule has 7 heteroatoms. The van der Waals surface area contributed by atoms with E-state index in [9.17, 15) is 23.1 Å². The second-order valence-corrected chi connectivity index (χ2v) is 5.34. The highest BCUT2D eigenvalue weighted by molar-refractivity contribution is 5.95. The summed E-state index contributed by atoms with van der Waals surface area (Å²) in [4.78, 5) is 15.3. The Morgan fingerprint density at radius 3 is 2.52 bits per heavy atom. The van der Waals surface area contributed by atoms with Crippen LogP contribution in [0.15, 0.2) is 18.2 Å². The largest absolute Gasteiger partial charge is 0.478 e. The van der Waals surface area contributed by atoms with E-state index in [2.05, 4.69) is 4.90 Å². The van der Waals surface area contributed by atoms with Crippen LogP contribution in [0.3, 0.4) is 0 Å². The Morgan fingerprint density at radius 1 is 1.33 bits per heavy atom. The Bertz CT molecular complexity index is 546. The second-order valence-electron chi connectivity index (χ2n) is 5.34. The molecule has 21 heavy (non-hydrogen) atoms. The molecule has 0 aromatic heterocycles. The van der Waals surface area contributed by atoms with Crippen LogP contribution in [-0.2, 0) is 6.18 Å². The van der Waals surface area contributed by atoms with Gasteiger partial charge in [0.2, 0.25) is 0 Å². The third-order valence-electron chi connectivity index (χ3n) is 3.69. The zero-order valence-corrected chi connectivity index (χ0v) is 11.8. The fraction of sp³-hybridized carbons (Fsp3) is 0.500. The maximum Gasteiger partial charge on any atom is 0.416 e. The van der Waals surface area contributed by atoms with Gasteiger partial charge in [0, 0.05) is 25.7 Å². The number of piperazine rings is 1.